The number of pyridine rings is 1. The van der Waals surface area contributed by atoms with Crippen molar-refractivity contribution in [1.82, 2.24) is 14.5 Å². The number of ketones is 1. The number of anilines is 2. The van der Waals surface area contributed by atoms with Crippen LogP contribution in [0.2, 0.25) is 0 Å². The molecule has 0 aliphatic carbocycles. The van der Waals surface area contributed by atoms with Crippen molar-refractivity contribution in [2.24, 2.45) is 0 Å². The van der Waals surface area contributed by atoms with Gasteiger partial charge >= 0.3 is 0 Å². The van der Waals surface area contributed by atoms with Gasteiger partial charge in [0.05, 0.1) is 11.0 Å². The zero-order valence-electron chi connectivity index (χ0n) is 19.1. The predicted octanol–water partition coefficient (Wildman–Crippen LogP) is 5.24. The average molecular weight is 430 g/mol. The van der Waals surface area contributed by atoms with Crippen LogP contribution in [0.5, 0.6) is 0 Å². The molecule has 0 saturated carbocycles. The highest BCUT2D eigenvalue weighted by molar-refractivity contribution is 6.06. The van der Waals surface area contributed by atoms with Gasteiger partial charge in [-0.25, -0.2) is 9.97 Å². The van der Waals surface area contributed by atoms with Crippen LogP contribution in [-0.2, 0) is 13.0 Å². The van der Waals surface area contributed by atoms with Crippen molar-refractivity contribution in [2.75, 3.05) is 24.7 Å². The number of unbranched alkanes of at least 4 members (excludes halogenated alkanes) is 2. The van der Waals surface area contributed by atoms with Gasteiger partial charge in [-0.1, -0.05) is 43.7 Å². The first-order valence-electron chi connectivity index (χ1n) is 11.3. The summed E-state index contributed by atoms with van der Waals surface area (Å²) < 4.78 is 2.29. The molecule has 4 aromatic rings. The molecule has 4 rings (SSSR count). The van der Waals surface area contributed by atoms with E-state index in [9.17, 15) is 4.79 Å². The number of imidazole rings is 1. The van der Waals surface area contributed by atoms with E-state index in [0.29, 0.717) is 12.2 Å². The lowest BCUT2D eigenvalue weighted by molar-refractivity contribution is 0.0979. The standard InChI is InChI=1S/C26H31N5O/c1-4-23-29-24-25(18-12-7-9-14-20(18)28-26(24)27)31(23)17-11-5-6-16-22(32)19-13-8-10-15-21(19)30(2)3/h7-10,12-15H,4-6,11,16-17H2,1-3H3,(H2,27,28). The largest absolute Gasteiger partial charge is 0.382 e. The van der Waals surface area contributed by atoms with E-state index in [1.54, 1.807) is 0 Å². The average Bonchev–Trinajstić information content (AvgIpc) is 3.18. The van der Waals surface area contributed by atoms with E-state index in [-0.39, 0.29) is 5.78 Å². The lowest BCUT2D eigenvalue weighted by atomic mass is 10.0. The molecule has 166 valence electrons. The molecule has 0 spiro atoms. The van der Waals surface area contributed by atoms with Crippen molar-refractivity contribution < 1.29 is 4.79 Å². The molecule has 0 radical (unpaired) electrons. The van der Waals surface area contributed by atoms with Crippen LogP contribution >= 0.6 is 0 Å². The summed E-state index contributed by atoms with van der Waals surface area (Å²) in [6.45, 7) is 2.97. The van der Waals surface area contributed by atoms with Gasteiger partial charge in [0.25, 0.3) is 0 Å². The van der Waals surface area contributed by atoms with E-state index in [2.05, 4.69) is 22.5 Å². The highest BCUT2D eigenvalue weighted by Gasteiger charge is 2.16. The second-order valence-electron chi connectivity index (χ2n) is 8.39. The van der Waals surface area contributed by atoms with Gasteiger partial charge in [0.15, 0.2) is 11.6 Å². The van der Waals surface area contributed by atoms with Gasteiger partial charge < -0.3 is 15.2 Å². The second kappa shape index (κ2) is 9.39. The maximum atomic E-state index is 12.8. The first kappa shape index (κ1) is 21.8. The number of benzene rings is 2. The topological polar surface area (TPSA) is 77.0 Å². The molecule has 0 saturated heterocycles. The van der Waals surface area contributed by atoms with Gasteiger partial charge in [0.2, 0.25) is 0 Å². The number of para-hydroxylation sites is 2. The number of hydrogen-bond donors (Lipinski definition) is 1. The van der Waals surface area contributed by atoms with E-state index >= 15 is 0 Å². The predicted molar refractivity (Wildman–Crippen MR) is 132 cm³/mol. The summed E-state index contributed by atoms with van der Waals surface area (Å²) in [5.74, 6) is 1.72. The Kier molecular flexibility index (Phi) is 6.40. The SMILES string of the molecule is CCc1nc2c(N)nc3ccccc3c2n1CCCCCC(=O)c1ccccc1N(C)C. The number of rotatable bonds is 9. The Morgan fingerprint density at radius 3 is 2.53 bits per heavy atom. The number of nitrogen functional groups attached to an aromatic ring is 1. The third-order valence-electron chi connectivity index (χ3n) is 5.98. The number of fused-ring (bicyclic) bond motifs is 3. The molecule has 0 bridgehead atoms. The number of carbonyl (C=O) groups excluding carboxylic acids is 1. The van der Waals surface area contributed by atoms with E-state index in [1.807, 2.05) is 61.5 Å². The van der Waals surface area contributed by atoms with Gasteiger partial charge in [0.1, 0.15) is 11.3 Å². The number of hydrogen-bond acceptors (Lipinski definition) is 5. The number of aromatic nitrogens is 3. The first-order chi connectivity index (χ1) is 15.5. The van der Waals surface area contributed by atoms with Crippen molar-refractivity contribution >= 4 is 39.2 Å². The Hall–Kier alpha value is -3.41. The minimum atomic E-state index is 0.210. The fourth-order valence-electron chi connectivity index (χ4n) is 4.38. The van der Waals surface area contributed by atoms with Crippen LogP contribution in [0.25, 0.3) is 21.9 Å². The summed E-state index contributed by atoms with van der Waals surface area (Å²) in [6, 6.07) is 15.9. The van der Waals surface area contributed by atoms with Crippen LogP contribution in [-0.4, -0.2) is 34.4 Å². The Labute approximate surface area is 189 Å². The number of carbonyl (C=O) groups is 1. The van der Waals surface area contributed by atoms with Crippen LogP contribution < -0.4 is 10.6 Å². The van der Waals surface area contributed by atoms with Crippen molar-refractivity contribution in [1.29, 1.82) is 0 Å². The minimum Gasteiger partial charge on any atom is -0.382 e. The molecular formula is C26H31N5O. The van der Waals surface area contributed by atoms with Crippen LogP contribution in [0.3, 0.4) is 0 Å². The van der Waals surface area contributed by atoms with Crippen molar-refractivity contribution in [2.45, 2.75) is 45.6 Å². The molecule has 2 aromatic carbocycles. The van der Waals surface area contributed by atoms with E-state index in [1.165, 1.54) is 0 Å². The molecule has 0 aliphatic heterocycles. The highest BCUT2D eigenvalue weighted by atomic mass is 16.1. The Morgan fingerprint density at radius 1 is 1.00 bits per heavy atom. The summed E-state index contributed by atoms with van der Waals surface area (Å²) in [5, 5.41) is 1.08. The zero-order valence-corrected chi connectivity index (χ0v) is 19.1. The number of nitrogens with two attached hydrogens (primary N) is 1. The quantitative estimate of drug-likeness (QED) is 0.291. The lowest BCUT2D eigenvalue weighted by Crippen LogP contribution is -2.13. The summed E-state index contributed by atoms with van der Waals surface area (Å²) in [5.41, 5.74) is 10.8. The molecule has 6 nitrogen and oxygen atoms in total. The maximum Gasteiger partial charge on any atom is 0.164 e. The molecule has 0 unspecified atom stereocenters. The van der Waals surface area contributed by atoms with Gasteiger partial charge in [-0.15, -0.1) is 0 Å². The van der Waals surface area contributed by atoms with Crippen molar-refractivity contribution in [3.63, 3.8) is 0 Å². The first-order valence-corrected chi connectivity index (χ1v) is 11.3. The van der Waals surface area contributed by atoms with Gasteiger partial charge in [-0.2, -0.15) is 0 Å². The Morgan fingerprint density at radius 2 is 1.75 bits per heavy atom. The van der Waals surface area contributed by atoms with E-state index in [0.717, 1.165) is 71.2 Å². The molecule has 2 N–H and O–H groups in total. The van der Waals surface area contributed by atoms with Gasteiger partial charge in [-0.3, -0.25) is 4.79 Å². The lowest BCUT2D eigenvalue weighted by Gasteiger charge is -2.16. The Balaban J connectivity index is 1.46. The van der Waals surface area contributed by atoms with Gasteiger partial charge in [-0.05, 0) is 31.0 Å². The van der Waals surface area contributed by atoms with Crippen molar-refractivity contribution in [3.8, 4) is 0 Å². The second-order valence-corrected chi connectivity index (χ2v) is 8.39. The normalized spacial score (nSPS) is 11.3. The highest BCUT2D eigenvalue weighted by Crippen LogP contribution is 2.29. The van der Waals surface area contributed by atoms with E-state index < -0.39 is 0 Å². The Bertz CT molecular complexity index is 1260. The monoisotopic (exact) mass is 429 g/mol. The third-order valence-corrected chi connectivity index (χ3v) is 5.98. The zero-order chi connectivity index (χ0) is 22.7. The minimum absolute atomic E-state index is 0.210. The molecule has 0 amide bonds. The van der Waals surface area contributed by atoms with Crippen molar-refractivity contribution in [3.05, 3.63) is 59.9 Å². The fourth-order valence-corrected chi connectivity index (χ4v) is 4.38. The number of aryl methyl sites for hydroxylation is 2. The van der Waals surface area contributed by atoms with Crippen LogP contribution in [0.1, 0.15) is 48.8 Å². The summed E-state index contributed by atoms with van der Waals surface area (Å²) in [4.78, 5) is 24.1. The molecule has 6 heteroatoms. The molecule has 2 aromatic heterocycles. The summed E-state index contributed by atoms with van der Waals surface area (Å²) in [6.07, 6.45) is 4.24. The smallest absolute Gasteiger partial charge is 0.164 e. The molecule has 0 aliphatic rings. The maximum absolute atomic E-state index is 12.8. The third kappa shape index (κ3) is 4.17. The van der Waals surface area contributed by atoms with E-state index in [4.69, 9.17) is 10.7 Å². The summed E-state index contributed by atoms with van der Waals surface area (Å²) >= 11 is 0. The molecule has 32 heavy (non-hydrogen) atoms. The fraction of sp³-hybridized carbons (Fsp3) is 0.346. The summed E-state index contributed by atoms with van der Waals surface area (Å²) in [7, 11) is 3.94. The molecule has 0 fully saturated rings. The molecule has 0 atom stereocenters. The number of nitrogens with zero attached hydrogens (tertiary/aromatic N) is 4. The molecular weight excluding hydrogens is 398 g/mol. The molecule has 2 heterocycles. The van der Waals surface area contributed by atoms with Gasteiger partial charge in [0, 0.05) is 50.1 Å². The van der Waals surface area contributed by atoms with Crippen LogP contribution in [0.4, 0.5) is 11.5 Å². The van der Waals surface area contributed by atoms with Crippen LogP contribution in [0.15, 0.2) is 48.5 Å². The number of Topliss-reactive ketones (excluding diaryl/α,β-unsaturated/α-hetero) is 1. The van der Waals surface area contributed by atoms with Crippen LogP contribution in [0, 0.1) is 0 Å².